The van der Waals surface area contributed by atoms with Gasteiger partial charge in [-0.1, -0.05) is 125 Å². The molecule has 25 nitrogen and oxygen atoms in total. The number of ether oxygens (including phenoxy) is 8. The average molecular weight is 1630 g/mol. The minimum absolute atomic E-state index is 0. The topological polar surface area (TPSA) is 293 Å². The van der Waals surface area contributed by atoms with E-state index in [0.29, 0.717) is 161 Å². The monoisotopic (exact) mass is 1630 g/mol. The maximum absolute atomic E-state index is 15.3. The molecule has 0 unspecified atom stereocenters. The zero-order chi connectivity index (χ0) is 79.9. The summed E-state index contributed by atoms with van der Waals surface area (Å²) in [6.07, 6.45) is 5.96. The number of carboxylic acids is 1. The van der Waals surface area contributed by atoms with Gasteiger partial charge in [-0.05, 0) is 124 Å². The number of rotatable bonds is 29. The third kappa shape index (κ3) is 22.5. The molecule has 0 aliphatic heterocycles. The Kier molecular flexibility index (Phi) is 31.2. The van der Waals surface area contributed by atoms with Crippen molar-refractivity contribution in [1.29, 1.82) is 0 Å². The van der Waals surface area contributed by atoms with Gasteiger partial charge in [0.1, 0.15) is 54.7 Å². The normalized spacial score (nSPS) is 10.8. The minimum Gasteiger partial charge on any atom is -0.870 e. The van der Waals surface area contributed by atoms with E-state index in [4.69, 9.17) is 42.9 Å². The quantitative estimate of drug-likeness (QED) is 0.0325. The van der Waals surface area contributed by atoms with Gasteiger partial charge in [0.05, 0.1) is 101 Å². The first-order valence-electron chi connectivity index (χ1n) is 36.0. The van der Waals surface area contributed by atoms with Crippen molar-refractivity contribution in [2.24, 2.45) is 0 Å². The van der Waals surface area contributed by atoms with E-state index >= 15 is 8.78 Å². The van der Waals surface area contributed by atoms with Crippen molar-refractivity contribution in [3.8, 4) is 29.0 Å². The molecule has 0 spiro atoms. The Morgan fingerprint density at radius 2 is 0.810 bits per heavy atom. The molecule has 6 aromatic heterocycles. The van der Waals surface area contributed by atoms with Crippen LogP contribution < -0.4 is 33.1 Å². The molecule has 0 radical (unpaired) electrons. The molecule has 0 amide bonds. The summed E-state index contributed by atoms with van der Waals surface area (Å²) in [4.78, 5) is 49.3. The Morgan fingerprint density at radius 1 is 0.440 bits per heavy atom. The van der Waals surface area contributed by atoms with Crippen molar-refractivity contribution in [2.75, 3.05) is 55.4 Å². The van der Waals surface area contributed by atoms with Gasteiger partial charge in [0.2, 0.25) is 17.6 Å². The van der Waals surface area contributed by atoms with Crippen molar-refractivity contribution in [2.45, 2.75) is 58.7 Å². The second-order valence-electron chi connectivity index (χ2n) is 25.7. The number of hydrogen-bond acceptors (Lipinski definition) is 18. The zero-order valence-electron chi connectivity index (χ0n) is 64.3. The van der Waals surface area contributed by atoms with Crippen LogP contribution in [0, 0.1) is 17.5 Å². The van der Waals surface area contributed by atoms with Crippen LogP contribution in [0.5, 0.6) is 17.6 Å². The standard InChI is InChI=1S/C29H27FN4O4.C28H25FN4O4.C19H18BrFN2O3.C10H10N2O.Li.H2O/c1-36-15-14-33-26-16-22(29(35)37-2)9-11-25(26)31-27(33)17-21-8-10-23(18-24(21)30)34-13-12-28(32-34)38-19-20-6-4-3-5-7-20;1-36-14-13-32-25-15-21(28(34)35)8-10-24(25)30-26(32)16-20-7-9-22(17-23(20)29)33-12-11-27(31-33)37-18-19-5-3-2-4-6-19;1-25-8-7-23-17-9-13(19(24)26-2)4-6-16(17)22-18(23)10-12-3-5-14(20)11-15(12)21;1-2-4-9(5-3-1)8-13-10-6-7-11-12-10;;/h3-13,16,18H,14-15,17,19H2,1-2H3;2-12,15,17H,13-14,16,18H2,1H3,(H,34,35);3-6,9,11H,7-8,10H2,1-2H3;1-7H,8H2,(H,11,12);;1H2/q;;;;+1;/p-1. The number of aromatic amines is 1. The Balaban J connectivity index is 0.000000171. The average Bonchev–Trinajstić information content (AvgIpc) is 1.65. The second-order valence-corrected chi connectivity index (χ2v) is 26.6. The summed E-state index contributed by atoms with van der Waals surface area (Å²) < 4.78 is 96.5. The fraction of sp³-hybridized carbons (Fsp3) is 0.198. The first-order chi connectivity index (χ1) is 55.5. The number of aromatic nitrogens is 12. The van der Waals surface area contributed by atoms with E-state index in [1.54, 1.807) is 146 Å². The van der Waals surface area contributed by atoms with Gasteiger partial charge in [0.15, 0.2) is 0 Å². The smallest absolute Gasteiger partial charge is 0.870 e. The number of nitrogens with one attached hydrogen (secondary N) is 1. The number of imidazole rings is 3. The first kappa shape index (κ1) is 86.0. The van der Waals surface area contributed by atoms with Gasteiger partial charge in [0, 0.05) is 95.3 Å². The number of benzene rings is 9. The number of fused-ring (bicyclic) bond motifs is 3. The van der Waals surface area contributed by atoms with Crippen LogP contribution in [0.3, 0.4) is 0 Å². The summed E-state index contributed by atoms with van der Waals surface area (Å²) in [5.74, 6) is 0.687. The maximum atomic E-state index is 15.3. The molecule has 6 heterocycles. The van der Waals surface area contributed by atoms with Crippen molar-refractivity contribution in [3.05, 3.63) is 326 Å². The number of aromatic carboxylic acids is 1. The van der Waals surface area contributed by atoms with E-state index in [-0.39, 0.29) is 54.4 Å². The third-order valence-corrected chi connectivity index (χ3v) is 18.6. The predicted molar refractivity (Wildman–Crippen MR) is 427 cm³/mol. The molecule has 0 atom stereocenters. The first-order valence-corrected chi connectivity index (χ1v) is 36.8. The predicted octanol–water partition coefficient (Wildman–Crippen LogP) is 12.6. The molecule has 9 aromatic carbocycles. The Morgan fingerprint density at radius 3 is 1.16 bits per heavy atom. The molecule has 0 aliphatic rings. The molecule has 30 heteroatoms. The largest absolute Gasteiger partial charge is 1.00 e. The van der Waals surface area contributed by atoms with Gasteiger partial charge >= 0.3 is 36.8 Å². The molecule has 15 rings (SSSR count). The van der Waals surface area contributed by atoms with Crippen LogP contribution in [-0.2, 0) is 82.4 Å². The maximum Gasteiger partial charge on any atom is 1.00 e. The van der Waals surface area contributed by atoms with Crippen LogP contribution in [-0.4, -0.2) is 142 Å². The van der Waals surface area contributed by atoms with Crippen molar-refractivity contribution in [3.63, 3.8) is 0 Å². The minimum atomic E-state index is -1.02. The fourth-order valence-electron chi connectivity index (χ4n) is 12.2. The summed E-state index contributed by atoms with van der Waals surface area (Å²) in [6, 6.07) is 64.9. The van der Waals surface area contributed by atoms with E-state index in [1.807, 2.05) is 111 Å². The van der Waals surface area contributed by atoms with Gasteiger partial charge in [-0.15, -0.1) is 10.2 Å². The second kappa shape index (κ2) is 42.1. The van der Waals surface area contributed by atoms with E-state index in [9.17, 15) is 23.9 Å². The summed E-state index contributed by atoms with van der Waals surface area (Å²) in [7, 11) is 7.51. The summed E-state index contributed by atoms with van der Waals surface area (Å²) >= 11 is 3.27. The SMILES string of the molecule is COCCn1c(Cc2ccc(-n3ccc(OCc4ccccc4)n3)cc2F)nc2ccc(C(=O)O)cc21.COCCn1c(Cc2ccc(-n3ccc(OCc4ccccc4)n3)cc2F)nc2ccc(C(=O)OC)cc21.COCCn1c(Cc2ccc(Br)cc2F)nc2ccc(C(=O)OC)cc21.[Li+].[OH-].c1ccc(COc2ccn[nH]2)cc1. The van der Waals surface area contributed by atoms with Crippen molar-refractivity contribution in [1.82, 2.24) is 58.4 Å². The number of hydrogen-bond donors (Lipinski definition) is 2. The number of carboxylic acid groups (broad SMARTS) is 1. The van der Waals surface area contributed by atoms with Crippen LogP contribution in [0.1, 0.15) is 81.9 Å². The number of halogens is 4. The van der Waals surface area contributed by atoms with Crippen LogP contribution in [0.15, 0.2) is 241 Å². The van der Waals surface area contributed by atoms with Crippen LogP contribution in [0.4, 0.5) is 13.2 Å². The number of nitrogens with zero attached hydrogens (tertiary/aromatic N) is 11. The molecule has 3 N–H and O–H groups in total. The van der Waals surface area contributed by atoms with E-state index in [2.05, 4.69) is 46.3 Å². The summed E-state index contributed by atoms with van der Waals surface area (Å²) in [6.45, 7) is 4.20. The number of esters is 2. The number of carbonyl (C=O) groups excluding carboxylic acids is 2. The summed E-state index contributed by atoms with van der Waals surface area (Å²) in [5, 5.41) is 24.7. The van der Waals surface area contributed by atoms with Gasteiger partial charge in [-0.2, -0.15) is 5.10 Å². The van der Waals surface area contributed by atoms with E-state index in [1.165, 1.54) is 38.5 Å². The molecule has 0 fully saturated rings. The zero-order valence-corrected chi connectivity index (χ0v) is 65.9. The molecular formula is C86H81BrF3LiN12O13. The Bertz CT molecular complexity index is 5730. The molecular weight excluding hydrogens is 1550 g/mol. The van der Waals surface area contributed by atoms with Crippen molar-refractivity contribution >= 4 is 66.9 Å². The van der Waals surface area contributed by atoms with E-state index < -0.39 is 23.7 Å². The number of H-pyrrole nitrogens is 1. The molecule has 592 valence electrons. The van der Waals surface area contributed by atoms with Crippen molar-refractivity contribution < 1.29 is 94.9 Å². The molecule has 116 heavy (non-hydrogen) atoms. The summed E-state index contributed by atoms with van der Waals surface area (Å²) in [5.41, 5.74) is 11.2. The molecule has 0 aliphatic carbocycles. The molecule has 0 saturated carbocycles. The Hall–Kier alpha value is -12.5. The number of carbonyl (C=O) groups is 3. The number of methoxy groups -OCH3 is 5. The van der Waals surface area contributed by atoms with Crippen LogP contribution in [0.2, 0.25) is 0 Å². The third-order valence-electron chi connectivity index (χ3n) is 18.1. The molecule has 0 bridgehead atoms. The van der Waals surface area contributed by atoms with Crippen LogP contribution in [0.25, 0.3) is 44.5 Å². The van der Waals surface area contributed by atoms with Gasteiger partial charge < -0.3 is 62.2 Å². The van der Waals surface area contributed by atoms with E-state index in [0.717, 1.165) is 33.2 Å². The Labute approximate surface area is 685 Å². The van der Waals surface area contributed by atoms with Gasteiger partial charge in [0.25, 0.3) is 0 Å². The molecule has 15 aromatic rings. The van der Waals surface area contributed by atoms with Gasteiger partial charge in [-0.25, -0.2) is 57.0 Å². The fourth-order valence-corrected chi connectivity index (χ4v) is 12.6. The van der Waals surface area contributed by atoms with Crippen LogP contribution >= 0.6 is 15.9 Å². The van der Waals surface area contributed by atoms with Gasteiger partial charge in [-0.3, -0.25) is 0 Å². The molecule has 0 saturated heterocycles.